The number of cyclic esters (lactones) is 1. The van der Waals surface area contributed by atoms with Crippen LogP contribution in [0.4, 0.5) is 0 Å². The molecule has 0 amide bonds. The van der Waals surface area contributed by atoms with E-state index in [1.54, 1.807) is 0 Å². The zero-order valence-electron chi connectivity index (χ0n) is 8.72. The molecule has 1 saturated heterocycles. The summed E-state index contributed by atoms with van der Waals surface area (Å²) in [6, 6.07) is 9.35. The van der Waals surface area contributed by atoms with Gasteiger partial charge < -0.3 is 4.74 Å². The zero-order chi connectivity index (χ0) is 11.4. The second kappa shape index (κ2) is 5.16. The summed E-state index contributed by atoms with van der Waals surface area (Å²) in [4.78, 5) is 24.1. The molecule has 0 radical (unpaired) electrons. The average molecular weight is 236 g/mol. The van der Waals surface area contributed by atoms with E-state index in [4.69, 9.17) is 4.74 Å². The molecule has 1 aromatic carbocycles. The Morgan fingerprint density at radius 3 is 2.75 bits per heavy atom. The highest BCUT2D eigenvalue weighted by atomic mass is 32.2. The Balaban J connectivity index is 2.00. The molecule has 1 fully saturated rings. The lowest BCUT2D eigenvalue weighted by Crippen LogP contribution is -2.29. The molecule has 1 aliphatic heterocycles. The lowest BCUT2D eigenvalue weighted by atomic mass is 10.0. The molecule has 4 heteroatoms. The molecule has 0 aliphatic carbocycles. The van der Waals surface area contributed by atoms with Crippen LogP contribution in [0.1, 0.15) is 12.8 Å². The summed E-state index contributed by atoms with van der Waals surface area (Å²) in [5.74, 6) is -0.960. The Labute approximate surface area is 98.2 Å². The number of benzene rings is 1. The maximum absolute atomic E-state index is 11.8. The van der Waals surface area contributed by atoms with Crippen molar-refractivity contribution >= 4 is 22.8 Å². The highest BCUT2D eigenvalue weighted by Crippen LogP contribution is 2.26. The van der Waals surface area contributed by atoms with Crippen molar-refractivity contribution in [2.45, 2.75) is 17.7 Å². The number of hydrogen-bond acceptors (Lipinski definition) is 4. The van der Waals surface area contributed by atoms with Gasteiger partial charge in [-0.2, -0.15) is 0 Å². The topological polar surface area (TPSA) is 43.4 Å². The predicted molar refractivity (Wildman–Crippen MR) is 61.0 cm³/mol. The maximum atomic E-state index is 11.8. The number of ether oxygens (including phenoxy) is 1. The first kappa shape index (κ1) is 11.2. The molecule has 16 heavy (non-hydrogen) atoms. The first-order valence-electron chi connectivity index (χ1n) is 5.21. The number of carbonyl (C=O) groups is 2. The lowest BCUT2D eigenvalue weighted by Gasteiger charge is -2.19. The van der Waals surface area contributed by atoms with Crippen LogP contribution in [0.15, 0.2) is 35.2 Å². The molecule has 0 aromatic heterocycles. The van der Waals surface area contributed by atoms with Gasteiger partial charge in [0.05, 0.1) is 6.61 Å². The quantitative estimate of drug-likeness (QED) is 0.449. The molecule has 3 nitrogen and oxygen atoms in total. The van der Waals surface area contributed by atoms with E-state index in [2.05, 4.69) is 0 Å². The lowest BCUT2D eigenvalue weighted by molar-refractivity contribution is -0.154. The van der Waals surface area contributed by atoms with Crippen molar-refractivity contribution in [1.82, 2.24) is 0 Å². The summed E-state index contributed by atoms with van der Waals surface area (Å²) in [7, 11) is 0. The zero-order valence-corrected chi connectivity index (χ0v) is 9.53. The Hall–Kier alpha value is -1.29. The van der Waals surface area contributed by atoms with Crippen molar-refractivity contribution in [3.63, 3.8) is 0 Å². The van der Waals surface area contributed by atoms with Crippen molar-refractivity contribution in [2.24, 2.45) is 5.92 Å². The van der Waals surface area contributed by atoms with Gasteiger partial charge in [-0.25, -0.2) is 0 Å². The van der Waals surface area contributed by atoms with Crippen LogP contribution in [0.2, 0.25) is 0 Å². The van der Waals surface area contributed by atoms with Crippen LogP contribution in [0.3, 0.4) is 0 Å². The average Bonchev–Trinajstić information content (AvgIpc) is 2.31. The van der Waals surface area contributed by atoms with Gasteiger partial charge >= 0.3 is 5.97 Å². The molecular formula is C12H12O3S. The Morgan fingerprint density at radius 2 is 2.06 bits per heavy atom. The fourth-order valence-corrected chi connectivity index (χ4v) is 2.45. The molecule has 0 saturated carbocycles. The number of carbonyl (C=O) groups excluding carboxylic acids is 2. The molecule has 0 spiro atoms. The summed E-state index contributed by atoms with van der Waals surface area (Å²) in [5.41, 5.74) is 0. The molecule has 1 aliphatic rings. The van der Waals surface area contributed by atoms with Crippen LogP contribution in [0, 0.1) is 5.92 Å². The second-order valence-electron chi connectivity index (χ2n) is 3.60. The molecule has 0 bridgehead atoms. The minimum Gasteiger partial charge on any atom is -0.465 e. The van der Waals surface area contributed by atoms with Crippen molar-refractivity contribution in [3.8, 4) is 0 Å². The minimum absolute atomic E-state index is 0.115. The fraction of sp³-hybridized carbons (Fsp3) is 0.333. The maximum Gasteiger partial charge on any atom is 0.317 e. The van der Waals surface area contributed by atoms with Gasteiger partial charge in [0.2, 0.25) is 5.12 Å². The summed E-state index contributed by atoms with van der Waals surface area (Å²) in [5, 5.41) is -0.115. The number of rotatable bonds is 2. The number of thioether (sulfide) groups is 1. The monoisotopic (exact) mass is 236 g/mol. The van der Waals surface area contributed by atoms with Gasteiger partial charge in [-0.15, -0.1) is 0 Å². The van der Waals surface area contributed by atoms with Crippen LogP contribution < -0.4 is 0 Å². The van der Waals surface area contributed by atoms with Gasteiger partial charge in [0.25, 0.3) is 0 Å². The first-order valence-corrected chi connectivity index (χ1v) is 6.02. The van der Waals surface area contributed by atoms with E-state index in [0.717, 1.165) is 23.1 Å². The minimum atomic E-state index is -0.584. The summed E-state index contributed by atoms with van der Waals surface area (Å²) in [6.45, 7) is 0.443. The van der Waals surface area contributed by atoms with Crippen LogP contribution >= 0.6 is 11.8 Å². The Bertz CT molecular complexity index is 389. The molecule has 1 atom stereocenters. The van der Waals surface area contributed by atoms with E-state index < -0.39 is 5.92 Å². The second-order valence-corrected chi connectivity index (χ2v) is 4.67. The van der Waals surface area contributed by atoms with Gasteiger partial charge in [-0.05, 0) is 25.0 Å². The van der Waals surface area contributed by atoms with Gasteiger partial charge in [-0.3, -0.25) is 9.59 Å². The van der Waals surface area contributed by atoms with E-state index in [1.165, 1.54) is 0 Å². The number of hydrogen-bond donors (Lipinski definition) is 0. The third kappa shape index (κ3) is 2.64. The van der Waals surface area contributed by atoms with E-state index >= 15 is 0 Å². The van der Waals surface area contributed by atoms with Crippen molar-refractivity contribution < 1.29 is 14.3 Å². The highest BCUT2D eigenvalue weighted by Gasteiger charge is 2.31. The molecule has 0 N–H and O–H groups in total. The summed E-state index contributed by atoms with van der Waals surface area (Å²) < 4.78 is 4.88. The van der Waals surface area contributed by atoms with Crippen LogP contribution in [0.5, 0.6) is 0 Å². The Morgan fingerprint density at radius 1 is 1.31 bits per heavy atom. The smallest absolute Gasteiger partial charge is 0.317 e. The van der Waals surface area contributed by atoms with Crippen LogP contribution in [-0.4, -0.2) is 17.7 Å². The summed E-state index contributed by atoms with van der Waals surface area (Å²) in [6.07, 6.45) is 1.38. The first-order chi connectivity index (χ1) is 7.77. The van der Waals surface area contributed by atoms with E-state index in [-0.39, 0.29) is 11.1 Å². The van der Waals surface area contributed by atoms with Crippen LogP contribution in [0.25, 0.3) is 0 Å². The molecule has 84 valence electrons. The van der Waals surface area contributed by atoms with E-state index in [0.29, 0.717) is 13.0 Å². The molecule has 2 rings (SSSR count). The van der Waals surface area contributed by atoms with Gasteiger partial charge in [-0.1, -0.05) is 30.0 Å². The van der Waals surface area contributed by atoms with Gasteiger partial charge in [0.1, 0.15) is 5.92 Å². The Kier molecular flexibility index (Phi) is 3.62. The van der Waals surface area contributed by atoms with Gasteiger partial charge in [0.15, 0.2) is 0 Å². The van der Waals surface area contributed by atoms with E-state index in [1.807, 2.05) is 30.3 Å². The van der Waals surface area contributed by atoms with Crippen LogP contribution in [-0.2, 0) is 14.3 Å². The van der Waals surface area contributed by atoms with Crippen molar-refractivity contribution in [2.75, 3.05) is 6.61 Å². The fourth-order valence-electron chi connectivity index (χ4n) is 1.57. The molecular weight excluding hydrogens is 224 g/mol. The predicted octanol–water partition coefficient (Wildman–Crippen LogP) is 2.26. The standard InChI is InChI=1S/C12H12O3S/c13-11-10(7-4-8-15-11)12(14)16-9-5-2-1-3-6-9/h1-3,5-6,10H,4,7-8H2. The van der Waals surface area contributed by atoms with E-state index in [9.17, 15) is 9.59 Å². The van der Waals surface area contributed by atoms with Crippen molar-refractivity contribution in [3.05, 3.63) is 30.3 Å². The largest absolute Gasteiger partial charge is 0.465 e. The number of esters is 1. The third-order valence-electron chi connectivity index (χ3n) is 2.41. The molecule has 1 heterocycles. The van der Waals surface area contributed by atoms with Crippen molar-refractivity contribution in [1.29, 1.82) is 0 Å². The normalized spacial score (nSPS) is 20.2. The SMILES string of the molecule is O=C1OCCCC1C(=O)Sc1ccccc1. The summed E-state index contributed by atoms with van der Waals surface area (Å²) >= 11 is 1.11. The highest BCUT2D eigenvalue weighted by molar-refractivity contribution is 8.13. The molecule has 1 aromatic rings. The molecule has 1 unspecified atom stereocenters. The third-order valence-corrected chi connectivity index (χ3v) is 3.41. The van der Waals surface area contributed by atoms with Gasteiger partial charge in [0, 0.05) is 4.90 Å².